The molecule has 2 heterocycles. The fourth-order valence-electron chi connectivity index (χ4n) is 3.28. The zero-order valence-corrected chi connectivity index (χ0v) is 17.5. The maximum Gasteiger partial charge on any atom is 0.256 e. The lowest BCUT2D eigenvalue weighted by Gasteiger charge is -2.11. The highest BCUT2D eigenvalue weighted by atomic mass is 79.9. The first-order valence-electron chi connectivity index (χ1n) is 9.44. The van der Waals surface area contributed by atoms with Crippen LogP contribution in [0.3, 0.4) is 0 Å². The van der Waals surface area contributed by atoms with Gasteiger partial charge in [0.25, 0.3) is 5.91 Å². The lowest BCUT2D eigenvalue weighted by molar-refractivity contribution is 0.0854. The van der Waals surface area contributed by atoms with Crippen molar-refractivity contribution in [3.8, 4) is 0 Å². The molecule has 0 bridgehead atoms. The van der Waals surface area contributed by atoms with Crippen molar-refractivity contribution in [2.24, 2.45) is 4.99 Å². The molecule has 4 rings (SSSR count). The van der Waals surface area contributed by atoms with Crippen LogP contribution in [-0.4, -0.2) is 25.2 Å². The van der Waals surface area contributed by atoms with Crippen LogP contribution in [-0.2, 0) is 4.74 Å². The lowest BCUT2D eigenvalue weighted by Crippen LogP contribution is -2.34. The van der Waals surface area contributed by atoms with Gasteiger partial charge in [0.1, 0.15) is 17.0 Å². The molecule has 5 nitrogen and oxygen atoms in total. The average molecular weight is 459 g/mol. The van der Waals surface area contributed by atoms with Gasteiger partial charge in [-0.05, 0) is 56.2 Å². The number of carbonyl (C=O) groups excluding carboxylic acids is 1. The van der Waals surface area contributed by atoms with E-state index < -0.39 is 0 Å². The number of hydrogen-bond acceptors (Lipinski definition) is 4. The molecule has 1 atom stereocenters. The van der Waals surface area contributed by atoms with Crippen LogP contribution in [0.4, 0.5) is 10.1 Å². The van der Waals surface area contributed by atoms with Gasteiger partial charge < -0.3 is 14.5 Å². The molecule has 2 aromatic carbocycles. The van der Waals surface area contributed by atoms with Crippen molar-refractivity contribution in [2.75, 3.05) is 13.2 Å². The Bertz CT molecular complexity index is 1140. The summed E-state index contributed by atoms with van der Waals surface area (Å²) in [6.07, 6.45) is 1.95. The number of nitrogens with zero attached hydrogens (tertiary/aromatic N) is 1. The quantitative estimate of drug-likeness (QED) is 0.611. The fourth-order valence-corrected chi connectivity index (χ4v) is 3.66. The topological polar surface area (TPSA) is 63.8 Å². The van der Waals surface area contributed by atoms with Crippen LogP contribution in [0.1, 0.15) is 28.8 Å². The molecule has 0 unspecified atom stereocenters. The molecule has 3 aromatic rings. The van der Waals surface area contributed by atoms with E-state index in [1.165, 1.54) is 6.07 Å². The predicted molar refractivity (Wildman–Crippen MR) is 112 cm³/mol. The third-order valence-electron chi connectivity index (χ3n) is 4.93. The minimum atomic E-state index is -0.361. The van der Waals surface area contributed by atoms with Crippen LogP contribution in [0, 0.1) is 12.7 Å². The van der Waals surface area contributed by atoms with E-state index in [-0.39, 0.29) is 28.9 Å². The van der Waals surface area contributed by atoms with E-state index in [0.717, 1.165) is 29.3 Å². The van der Waals surface area contributed by atoms with E-state index in [2.05, 4.69) is 26.2 Å². The summed E-state index contributed by atoms with van der Waals surface area (Å²) in [6.45, 7) is 2.79. The molecular weight excluding hydrogens is 439 g/mol. The van der Waals surface area contributed by atoms with Crippen molar-refractivity contribution in [1.29, 1.82) is 0 Å². The van der Waals surface area contributed by atoms with Crippen LogP contribution in [0.15, 0.2) is 56.3 Å². The molecule has 150 valence electrons. The van der Waals surface area contributed by atoms with Crippen molar-refractivity contribution in [2.45, 2.75) is 25.9 Å². The highest BCUT2D eigenvalue weighted by molar-refractivity contribution is 9.10. The van der Waals surface area contributed by atoms with Gasteiger partial charge in [-0.3, -0.25) is 4.79 Å². The minimum Gasteiger partial charge on any atom is -0.438 e. The van der Waals surface area contributed by atoms with Gasteiger partial charge in [0.05, 0.1) is 11.8 Å². The highest BCUT2D eigenvalue weighted by Crippen LogP contribution is 2.22. The largest absolute Gasteiger partial charge is 0.438 e. The summed E-state index contributed by atoms with van der Waals surface area (Å²) in [7, 11) is 0. The Balaban J connectivity index is 1.79. The maximum atomic E-state index is 13.9. The molecule has 7 heteroatoms. The van der Waals surface area contributed by atoms with Crippen LogP contribution in [0.25, 0.3) is 11.0 Å². The van der Waals surface area contributed by atoms with Gasteiger partial charge in [0.15, 0.2) is 0 Å². The number of hydrogen-bond donors (Lipinski definition) is 1. The molecule has 0 radical (unpaired) electrons. The van der Waals surface area contributed by atoms with Gasteiger partial charge >= 0.3 is 0 Å². The minimum absolute atomic E-state index is 0.0244. The number of fused-ring (bicyclic) bond motifs is 1. The van der Waals surface area contributed by atoms with Gasteiger partial charge in [-0.15, -0.1) is 0 Å². The number of carbonyl (C=O) groups is 1. The van der Waals surface area contributed by atoms with Crippen LogP contribution >= 0.6 is 15.9 Å². The second kappa shape index (κ2) is 8.47. The highest BCUT2D eigenvalue weighted by Gasteiger charge is 2.19. The van der Waals surface area contributed by atoms with Gasteiger partial charge in [-0.25, -0.2) is 9.38 Å². The van der Waals surface area contributed by atoms with Crippen LogP contribution < -0.4 is 10.9 Å². The Kier molecular flexibility index (Phi) is 5.78. The maximum absolute atomic E-state index is 13.9. The predicted octanol–water partition coefficient (Wildman–Crippen LogP) is 4.78. The second-order valence-electron chi connectivity index (χ2n) is 6.99. The van der Waals surface area contributed by atoms with E-state index in [1.807, 2.05) is 12.1 Å². The number of nitrogens with one attached hydrogen (secondary N) is 1. The van der Waals surface area contributed by atoms with Gasteiger partial charge in [-0.1, -0.05) is 22.0 Å². The lowest BCUT2D eigenvalue weighted by atomic mass is 10.1. The zero-order valence-electron chi connectivity index (χ0n) is 15.9. The zero-order chi connectivity index (χ0) is 20.4. The van der Waals surface area contributed by atoms with Crippen molar-refractivity contribution >= 4 is 38.5 Å². The molecule has 1 amide bonds. The van der Waals surface area contributed by atoms with E-state index in [0.29, 0.717) is 23.4 Å². The molecule has 1 aromatic heterocycles. The first kappa shape index (κ1) is 19.8. The fraction of sp³-hybridized carbons (Fsp3) is 0.273. The Morgan fingerprint density at radius 3 is 2.97 bits per heavy atom. The molecule has 0 saturated carbocycles. The molecule has 1 aliphatic heterocycles. The number of rotatable bonds is 4. The monoisotopic (exact) mass is 458 g/mol. The van der Waals surface area contributed by atoms with E-state index in [9.17, 15) is 9.18 Å². The van der Waals surface area contributed by atoms with Gasteiger partial charge in [0.2, 0.25) is 5.55 Å². The molecule has 1 aliphatic rings. The first-order valence-corrected chi connectivity index (χ1v) is 10.2. The summed E-state index contributed by atoms with van der Waals surface area (Å²) in [4.78, 5) is 17.4. The third kappa shape index (κ3) is 4.41. The number of amides is 1. The summed E-state index contributed by atoms with van der Waals surface area (Å²) in [5.74, 6) is -0.667. The van der Waals surface area contributed by atoms with Gasteiger partial charge in [0, 0.05) is 28.6 Å². The average Bonchev–Trinajstić information content (AvgIpc) is 3.23. The Labute approximate surface area is 175 Å². The van der Waals surface area contributed by atoms with Crippen molar-refractivity contribution < 1.29 is 18.3 Å². The molecule has 0 spiro atoms. The van der Waals surface area contributed by atoms with Gasteiger partial charge in [-0.2, -0.15) is 0 Å². The van der Waals surface area contributed by atoms with Crippen molar-refractivity contribution in [3.05, 3.63) is 69.4 Å². The summed E-state index contributed by atoms with van der Waals surface area (Å²) in [6, 6.07) is 11.9. The van der Waals surface area contributed by atoms with Crippen LogP contribution in [0.2, 0.25) is 0 Å². The molecule has 0 aliphatic carbocycles. The summed E-state index contributed by atoms with van der Waals surface area (Å²) in [5.41, 5.74) is 1.81. The number of ether oxygens (including phenoxy) is 1. The first-order chi connectivity index (χ1) is 14.0. The normalized spacial score (nSPS) is 17.1. The SMILES string of the molecule is Cc1c(F)cccc1N=c1oc2ccc(Br)cc2cc1C(=O)NC[C@H]1CCCO1. The Hall–Kier alpha value is -2.51. The molecule has 1 saturated heterocycles. The third-order valence-corrected chi connectivity index (χ3v) is 5.42. The Morgan fingerprint density at radius 2 is 2.17 bits per heavy atom. The smallest absolute Gasteiger partial charge is 0.256 e. The standard InChI is InChI=1S/C22H20BrFN2O3/c1-13-18(24)5-2-6-19(13)26-22-17(21(27)25-12-16-4-3-9-28-16)11-14-10-15(23)7-8-20(14)29-22/h2,5-8,10-11,16H,3-4,9,12H2,1H3,(H,25,27)/t16-/m1/s1. The van der Waals surface area contributed by atoms with Crippen molar-refractivity contribution in [1.82, 2.24) is 5.32 Å². The van der Waals surface area contributed by atoms with Crippen LogP contribution in [0.5, 0.6) is 0 Å². The Morgan fingerprint density at radius 1 is 1.31 bits per heavy atom. The number of benzene rings is 2. The summed E-state index contributed by atoms with van der Waals surface area (Å²) in [5, 5.41) is 3.66. The number of halogens is 2. The molecule has 29 heavy (non-hydrogen) atoms. The summed E-state index contributed by atoms with van der Waals surface area (Å²) >= 11 is 3.44. The van der Waals surface area contributed by atoms with E-state index in [1.54, 1.807) is 31.2 Å². The molecular formula is C22H20BrFN2O3. The van der Waals surface area contributed by atoms with E-state index >= 15 is 0 Å². The second-order valence-corrected chi connectivity index (χ2v) is 7.90. The molecule has 1 N–H and O–H groups in total. The summed E-state index contributed by atoms with van der Waals surface area (Å²) < 4.78 is 26.3. The van der Waals surface area contributed by atoms with E-state index in [4.69, 9.17) is 9.15 Å². The van der Waals surface area contributed by atoms with Crippen molar-refractivity contribution in [3.63, 3.8) is 0 Å². The molecule has 1 fully saturated rings.